The molecule has 0 aromatic rings. The summed E-state index contributed by atoms with van der Waals surface area (Å²) in [5, 5.41) is 0. The van der Waals surface area contributed by atoms with Crippen molar-refractivity contribution in [2.75, 3.05) is 0 Å². The van der Waals surface area contributed by atoms with Crippen LogP contribution in [0.15, 0.2) is 0 Å². The van der Waals surface area contributed by atoms with Gasteiger partial charge in [0.05, 0.1) is 0 Å². The van der Waals surface area contributed by atoms with Gasteiger partial charge in [0.15, 0.2) is 0 Å². The second-order valence-electron chi connectivity index (χ2n) is 8.65. The molecule has 0 aliphatic heterocycles. The highest BCUT2D eigenvalue weighted by atomic mass is 14.9. The molecule has 0 radical (unpaired) electrons. The molecule has 0 nitrogen and oxygen atoms in total. The van der Waals surface area contributed by atoms with Gasteiger partial charge in [0.25, 0.3) is 0 Å². The summed E-state index contributed by atoms with van der Waals surface area (Å²) in [5.41, 5.74) is 2.52. The smallest absolute Gasteiger partial charge is 0.0120 e. The SMILES string of the molecule is CCC1(C)C(C(C)C)C12C1CC(C)(C1)C2(C)C. The summed E-state index contributed by atoms with van der Waals surface area (Å²) in [6, 6.07) is 0. The van der Waals surface area contributed by atoms with Crippen molar-refractivity contribution in [3.8, 4) is 0 Å². The fourth-order valence-electron chi connectivity index (χ4n) is 7.21. The summed E-state index contributed by atoms with van der Waals surface area (Å²) in [5.74, 6) is 2.88. The van der Waals surface area contributed by atoms with Gasteiger partial charge >= 0.3 is 0 Å². The van der Waals surface area contributed by atoms with Crippen molar-refractivity contribution < 1.29 is 0 Å². The lowest BCUT2D eigenvalue weighted by molar-refractivity contribution is 0.0699. The van der Waals surface area contributed by atoms with Crippen molar-refractivity contribution in [2.24, 2.45) is 39.4 Å². The third-order valence-corrected chi connectivity index (χ3v) is 8.02. The molecule has 4 rings (SSSR count). The normalized spacial score (nSPS) is 58.6. The predicted octanol–water partition coefficient (Wildman–Crippen LogP) is 5.13. The van der Waals surface area contributed by atoms with Gasteiger partial charge in [0.2, 0.25) is 0 Å². The van der Waals surface area contributed by atoms with Crippen molar-refractivity contribution in [1.29, 1.82) is 0 Å². The Labute approximate surface area is 108 Å². The first-order chi connectivity index (χ1) is 7.69. The highest BCUT2D eigenvalue weighted by Crippen LogP contribution is 2.94. The van der Waals surface area contributed by atoms with Crippen LogP contribution in [0.25, 0.3) is 0 Å². The zero-order valence-electron chi connectivity index (χ0n) is 12.9. The van der Waals surface area contributed by atoms with Crippen LogP contribution < -0.4 is 0 Å². The van der Waals surface area contributed by atoms with Crippen LogP contribution in [-0.2, 0) is 0 Å². The van der Waals surface area contributed by atoms with Crippen LogP contribution in [-0.4, -0.2) is 0 Å². The van der Waals surface area contributed by atoms with Gasteiger partial charge in [-0.05, 0) is 58.7 Å². The molecule has 4 aliphatic rings. The molecule has 4 fully saturated rings. The van der Waals surface area contributed by atoms with Gasteiger partial charge in [0.1, 0.15) is 0 Å². The molecule has 4 aliphatic carbocycles. The molecule has 0 heterocycles. The van der Waals surface area contributed by atoms with E-state index in [1.165, 1.54) is 19.3 Å². The summed E-state index contributed by atoms with van der Waals surface area (Å²) < 4.78 is 0. The van der Waals surface area contributed by atoms with Crippen molar-refractivity contribution in [3.05, 3.63) is 0 Å². The van der Waals surface area contributed by atoms with Crippen LogP contribution in [0.3, 0.4) is 0 Å². The topological polar surface area (TPSA) is 0 Å². The maximum absolute atomic E-state index is 2.60. The van der Waals surface area contributed by atoms with Crippen molar-refractivity contribution in [3.63, 3.8) is 0 Å². The lowest BCUT2D eigenvalue weighted by Crippen LogP contribution is -2.34. The van der Waals surface area contributed by atoms with E-state index in [1.54, 1.807) is 0 Å². The minimum Gasteiger partial charge on any atom is -0.0648 e. The summed E-state index contributed by atoms with van der Waals surface area (Å²) in [4.78, 5) is 0. The highest BCUT2D eigenvalue weighted by Gasteiger charge is 2.89. The number of rotatable bonds is 2. The maximum Gasteiger partial charge on any atom is -0.0120 e. The fourth-order valence-corrected chi connectivity index (χ4v) is 7.21. The maximum atomic E-state index is 2.60. The molecule has 0 heteroatoms. The van der Waals surface area contributed by atoms with Crippen molar-refractivity contribution >= 4 is 0 Å². The minimum absolute atomic E-state index is 0.560. The lowest BCUT2D eigenvalue weighted by Gasteiger charge is -2.42. The molecule has 0 N–H and O–H groups in total. The first-order valence-corrected chi connectivity index (χ1v) is 7.69. The molecule has 2 bridgehead atoms. The Hall–Kier alpha value is 0. The average molecular weight is 234 g/mol. The molecule has 0 aromatic heterocycles. The Bertz CT molecular complexity index is 358. The van der Waals surface area contributed by atoms with Crippen LogP contribution in [0, 0.1) is 39.4 Å². The van der Waals surface area contributed by atoms with E-state index in [2.05, 4.69) is 48.5 Å². The van der Waals surface area contributed by atoms with E-state index in [0.29, 0.717) is 21.7 Å². The Morgan fingerprint density at radius 3 is 1.82 bits per heavy atom. The molecule has 17 heavy (non-hydrogen) atoms. The molecule has 1 spiro atoms. The van der Waals surface area contributed by atoms with Crippen molar-refractivity contribution in [1.82, 2.24) is 0 Å². The molecule has 0 aromatic carbocycles. The molecule has 0 amide bonds. The summed E-state index contributed by atoms with van der Waals surface area (Å²) >= 11 is 0. The lowest BCUT2D eigenvalue weighted by atomic mass is 9.62. The zero-order valence-corrected chi connectivity index (χ0v) is 12.9. The van der Waals surface area contributed by atoms with Crippen LogP contribution in [0.5, 0.6) is 0 Å². The quantitative estimate of drug-likeness (QED) is 0.621. The van der Waals surface area contributed by atoms with E-state index in [4.69, 9.17) is 0 Å². The monoisotopic (exact) mass is 234 g/mol. The fraction of sp³-hybridized carbons (Fsp3) is 1.00. The first kappa shape index (κ1) is 12.1. The van der Waals surface area contributed by atoms with Crippen LogP contribution in [0.1, 0.15) is 67.7 Å². The molecule has 3 atom stereocenters. The largest absolute Gasteiger partial charge is 0.0648 e. The Morgan fingerprint density at radius 1 is 1.06 bits per heavy atom. The summed E-state index contributed by atoms with van der Waals surface area (Å²) in [6.45, 7) is 17.7. The van der Waals surface area contributed by atoms with Crippen LogP contribution >= 0.6 is 0 Å². The Balaban J connectivity index is 2.10. The molecule has 4 saturated carbocycles. The Morgan fingerprint density at radius 2 is 1.59 bits per heavy atom. The van der Waals surface area contributed by atoms with Gasteiger partial charge in [0, 0.05) is 0 Å². The van der Waals surface area contributed by atoms with Gasteiger partial charge in [-0.1, -0.05) is 48.5 Å². The van der Waals surface area contributed by atoms with Crippen LogP contribution in [0.2, 0.25) is 0 Å². The standard InChI is InChI=1S/C17H30/c1-8-16(7)13(11(2)3)17(16)12-9-15(6,10-12)14(17,4)5/h11-13H,8-10H2,1-7H3. The van der Waals surface area contributed by atoms with E-state index < -0.39 is 0 Å². The highest BCUT2D eigenvalue weighted by molar-refractivity contribution is 5.36. The van der Waals surface area contributed by atoms with E-state index in [1.807, 2.05) is 0 Å². The second kappa shape index (κ2) is 2.78. The molecule has 3 unspecified atom stereocenters. The molecule has 98 valence electrons. The average Bonchev–Trinajstić information content (AvgIpc) is 2.65. The van der Waals surface area contributed by atoms with E-state index in [-0.39, 0.29) is 0 Å². The predicted molar refractivity (Wildman–Crippen MR) is 73.8 cm³/mol. The van der Waals surface area contributed by atoms with Gasteiger partial charge < -0.3 is 0 Å². The molecular weight excluding hydrogens is 204 g/mol. The molecular formula is C17H30. The van der Waals surface area contributed by atoms with Gasteiger partial charge in [-0.3, -0.25) is 0 Å². The van der Waals surface area contributed by atoms with E-state index >= 15 is 0 Å². The summed E-state index contributed by atoms with van der Waals surface area (Å²) in [7, 11) is 0. The number of hydrogen-bond donors (Lipinski definition) is 0. The van der Waals surface area contributed by atoms with Crippen molar-refractivity contribution in [2.45, 2.75) is 67.7 Å². The van der Waals surface area contributed by atoms with E-state index in [9.17, 15) is 0 Å². The van der Waals surface area contributed by atoms with Crippen LogP contribution in [0.4, 0.5) is 0 Å². The van der Waals surface area contributed by atoms with Gasteiger partial charge in [-0.15, -0.1) is 0 Å². The second-order valence-corrected chi connectivity index (χ2v) is 8.65. The zero-order chi connectivity index (χ0) is 12.9. The Kier molecular flexibility index (Phi) is 1.97. The third kappa shape index (κ3) is 0.871. The minimum atomic E-state index is 0.560. The van der Waals surface area contributed by atoms with Gasteiger partial charge in [-0.25, -0.2) is 0 Å². The van der Waals surface area contributed by atoms with E-state index in [0.717, 1.165) is 17.8 Å². The third-order valence-electron chi connectivity index (χ3n) is 8.02. The molecule has 0 saturated heterocycles. The van der Waals surface area contributed by atoms with Gasteiger partial charge in [-0.2, -0.15) is 0 Å². The summed E-state index contributed by atoms with van der Waals surface area (Å²) in [6.07, 6.45) is 4.41. The number of hydrogen-bond acceptors (Lipinski definition) is 0. The first-order valence-electron chi connectivity index (χ1n) is 7.69.